The lowest BCUT2D eigenvalue weighted by Gasteiger charge is -2.28. The van der Waals surface area contributed by atoms with Crippen LogP contribution in [0.4, 0.5) is 5.69 Å². The van der Waals surface area contributed by atoms with Gasteiger partial charge in [-0.1, -0.05) is 30.3 Å². The molecule has 1 saturated heterocycles. The molecule has 27 nitrogen and oxygen atoms in total. The quantitative estimate of drug-likeness (QED) is 0.0250. The maximum absolute atomic E-state index is 14.6. The number of hydrogen-bond acceptors (Lipinski definition) is 13. The van der Waals surface area contributed by atoms with Gasteiger partial charge in [0.15, 0.2) is 11.9 Å². The number of hydrogen-bond donors (Lipinski definition) is 18. The van der Waals surface area contributed by atoms with Crippen LogP contribution in [0.1, 0.15) is 75.8 Å². The molecule has 27 heteroatoms. The molecular formula is C48H72N18O9. The number of carbonyl (C=O) groups is 9. The first-order valence-electron chi connectivity index (χ1n) is 24.6. The van der Waals surface area contributed by atoms with Gasteiger partial charge in [-0.3, -0.25) is 54.0 Å². The number of para-hydroxylation sites is 1. The van der Waals surface area contributed by atoms with Gasteiger partial charge in [-0.15, -0.1) is 0 Å². The second-order valence-corrected chi connectivity index (χ2v) is 18.1. The largest absolute Gasteiger partial charge is 0.399 e. The van der Waals surface area contributed by atoms with Crippen LogP contribution in [0.15, 0.2) is 54.7 Å². The van der Waals surface area contributed by atoms with Crippen molar-refractivity contribution in [2.45, 2.75) is 120 Å². The molecule has 0 radical (unpaired) electrons. The van der Waals surface area contributed by atoms with E-state index in [1.165, 1.54) is 6.92 Å². The minimum absolute atomic E-state index is 0.0444. The van der Waals surface area contributed by atoms with E-state index in [9.17, 15) is 43.2 Å². The topological polar surface area (TPSA) is 468 Å². The van der Waals surface area contributed by atoms with Gasteiger partial charge in [0.1, 0.15) is 42.3 Å². The number of nitrogens with one attached hydrogen (secondary N) is 13. The van der Waals surface area contributed by atoms with Crippen molar-refractivity contribution in [1.29, 1.82) is 10.8 Å². The number of primary amides is 1. The fourth-order valence-electron chi connectivity index (χ4n) is 8.19. The molecule has 9 amide bonds. The van der Waals surface area contributed by atoms with Gasteiger partial charge >= 0.3 is 0 Å². The number of aromatic amines is 1. The van der Waals surface area contributed by atoms with E-state index in [0.717, 1.165) is 10.9 Å². The summed E-state index contributed by atoms with van der Waals surface area (Å²) in [6.07, 6.45) is 1.07. The number of rotatable bonds is 18. The normalized spacial score (nSPS) is 21.1. The number of nitrogens with two attached hydrogens (primary N) is 5. The summed E-state index contributed by atoms with van der Waals surface area (Å²) in [5.41, 5.74) is 30.8. The predicted molar refractivity (Wildman–Crippen MR) is 278 cm³/mol. The van der Waals surface area contributed by atoms with Crippen LogP contribution in [-0.2, 0) is 56.0 Å². The summed E-state index contributed by atoms with van der Waals surface area (Å²) in [5, 5.41) is 42.3. The maximum atomic E-state index is 14.6. The molecule has 1 aliphatic rings. The summed E-state index contributed by atoms with van der Waals surface area (Å²) >= 11 is 0. The van der Waals surface area contributed by atoms with E-state index in [0.29, 0.717) is 16.8 Å². The third-order valence-corrected chi connectivity index (χ3v) is 12.1. The highest BCUT2D eigenvalue weighted by Gasteiger charge is 2.34. The van der Waals surface area contributed by atoms with Crippen LogP contribution in [0.5, 0.6) is 0 Å². The van der Waals surface area contributed by atoms with Gasteiger partial charge in [0, 0.05) is 68.6 Å². The average molecular weight is 1050 g/mol. The molecule has 1 fully saturated rings. The van der Waals surface area contributed by atoms with Crippen LogP contribution >= 0.6 is 0 Å². The van der Waals surface area contributed by atoms with Gasteiger partial charge < -0.3 is 86.8 Å². The molecule has 0 unspecified atom stereocenters. The van der Waals surface area contributed by atoms with E-state index >= 15 is 0 Å². The van der Waals surface area contributed by atoms with Crippen LogP contribution in [0.25, 0.3) is 10.9 Å². The Kier molecular flexibility index (Phi) is 23.5. The number of guanidine groups is 2. The molecule has 1 aliphatic heterocycles. The summed E-state index contributed by atoms with van der Waals surface area (Å²) in [6.45, 7) is 1.33. The fraction of sp³-hybridized carbons (Fsp3) is 0.479. The predicted octanol–water partition coefficient (Wildman–Crippen LogP) is -4.00. The molecule has 0 spiro atoms. The van der Waals surface area contributed by atoms with Gasteiger partial charge in [0.05, 0.1) is 0 Å². The van der Waals surface area contributed by atoms with Gasteiger partial charge in [0.25, 0.3) is 0 Å². The first-order valence-corrected chi connectivity index (χ1v) is 24.6. The third kappa shape index (κ3) is 20.2. The second-order valence-electron chi connectivity index (χ2n) is 18.1. The van der Waals surface area contributed by atoms with E-state index < -0.39 is 95.5 Å². The molecular weight excluding hydrogens is 973 g/mol. The van der Waals surface area contributed by atoms with Crippen molar-refractivity contribution in [3.05, 3.63) is 65.9 Å². The van der Waals surface area contributed by atoms with E-state index in [-0.39, 0.29) is 109 Å². The molecule has 3 aromatic rings. The van der Waals surface area contributed by atoms with Crippen molar-refractivity contribution in [1.82, 2.24) is 58.2 Å². The summed E-state index contributed by atoms with van der Waals surface area (Å²) in [6, 6.07) is 4.16. The van der Waals surface area contributed by atoms with Crippen LogP contribution in [0, 0.1) is 10.8 Å². The number of nitrogen functional groups attached to an aromatic ring is 1. The van der Waals surface area contributed by atoms with E-state index in [1.54, 1.807) is 36.5 Å². The molecule has 75 heavy (non-hydrogen) atoms. The summed E-state index contributed by atoms with van der Waals surface area (Å²) in [7, 11) is 0. The number of aromatic nitrogens is 1. The Balaban J connectivity index is 1.76. The first kappa shape index (κ1) is 59.1. The van der Waals surface area contributed by atoms with Crippen molar-refractivity contribution >= 4 is 81.7 Å². The molecule has 23 N–H and O–H groups in total. The Morgan fingerprint density at radius 3 is 1.95 bits per heavy atom. The fourth-order valence-corrected chi connectivity index (χ4v) is 8.19. The van der Waals surface area contributed by atoms with Gasteiger partial charge in [-0.2, -0.15) is 0 Å². The Morgan fingerprint density at radius 1 is 0.720 bits per heavy atom. The second kappa shape index (κ2) is 29.9. The average Bonchev–Trinajstić information content (AvgIpc) is 3.77. The Morgan fingerprint density at radius 2 is 1.31 bits per heavy atom. The number of anilines is 1. The monoisotopic (exact) mass is 1040 g/mol. The van der Waals surface area contributed by atoms with Crippen LogP contribution < -0.4 is 81.8 Å². The smallest absolute Gasteiger partial charge is 0.243 e. The van der Waals surface area contributed by atoms with Crippen LogP contribution in [-0.4, -0.2) is 139 Å². The standard InChI is InChI=1S/C48H72N18O9/c1-26(67)60-33(9-5-21-57-47(52)53)41(70)62-34-10-4-20-56-39(68)17-16-32(40(51)69)61-46(75)38(24-28-25-59-31-8-3-2-7-30(28)31)66-43(72)35(11-6-22-58-48(54)55)63-45(74)37(23-27-12-14-29(50)15-13-27)65-44(73)36(18-19-49)64-42(34)71/h2-3,7-8,12-15,25,32-38,59H,4-6,9-11,16-24,49-50H2,1H3,(H2,51,69)(H,56,68)(H,60,67)(H,61,75)(H,62,70)(H,63,74)(H,64,71)(H,65,73)(H,66,72)(H4,52,53,57)(H4,54,55,58)/t32-,33-,34-,35-,36-,37+,38-/m0/s1. The molecule has 0 bridgehead atoms. The maximum Gasteiger partial charge on any atom is 0.243 e. The Bertz CT molecular complexity index is 2500. The van der Waals surface area contributed by atoms with Crippen LogP contribution in [0.3, 0.4) is 0 Å². The van der Waals surface area contributed by atoms with Crippen molar-refractivity contribution < 1.29 is 43.2 Å². The zero-order chi connectivity index (χ0) is 55.0. The Labute approximate surface area is 433 Å². The highest BCUT2D eigenvalue weighted by atomic mass is 16.2. The summed E-state index contributed by atoms with van der Waals surface area (Å²) < 4.78 is 0. The number of H-pyrrole nitrogens is 1. The minimum Gasteiger partial charge on any atom is -0.399 e. The number of fused-ring (bicyclic) bond motifs is 1. The van der Waals surface area contributed by atoms with E-state index in [1.807, 2.05) is 18.2 Å². The van der Waals surface area contributed by atoms with E-state index in [4.69, 9.17) is 39.5 Å². The van der Waals surface area contributed by atoms with Crippen molar-refractivity contribution in [2.24, 2.45) is 22.9 Å². The summed E-state index contributed by atoms with van der Waals surface area (Å²) in [4.78, 5) is 127. The summed E-state index contributed by atoms with van der Waals surface area (Å²) in [5.74, 6) is -7.71. The first-order chi connectivity index (χ1) is 35.7. The molecule has 7 atom stereocenters. The molecule has 2 aromatic carbocycles. The zero-order valence-electron chi connectivity index (χ0n) is 41.9. The van der Waals surface area contributed by atoms with Crippen molar-refractivity contribution in [3.63, 3.8) is 0 Å². The zero-order valence-corrected chi connectivity index (χ0v) is 41.9. The van der Waals surface area contributed by atoms with Crippen molar-refractivity contribution in [3.8, 4) is 0 Å². The van der Waals surface area contributed by atoms with E-state index in [2.05, 4.69) is 58.2 Å². The lowest BCUT2D eigenvalue weighted by Crippen LogP contribution is -2.60. The molecule has 1 aromatic heterocycles. The molecule has 4 rings (SSSR count). The molecule has 0 aliphatic carbocycles. The van der Waals surface area contributed by atoms with Gasteiger partial charge in [-0.05, 0) is 87.2 Å². The number of amides is 9. The third-order valence-electron chi connectivity index (χ3n) is 12.1. The highest BCUT2D eigenvalue weighted by Crippen LogP contribution is 2.20. The molecule has 2 heterocycles. The van der Waals surface area contributed by atoms with Crippen LogP contribution in [0.2, 0.25) is 0 Å². The lowest BCUT2D eigenvalue weighted by molar-refractivity contribution is -0.135. The lowest BCUT2D eigenvalue weighted by atomic mass is 10.0. The van der Waals surface area contributed by atoms with Gasteiger partial charge in [-0.25, -0.2) is 0 Å². The molecule has 0 saturated carbocycles. The minimum atomic E-state index is -1.43. The number of benzene rings is 2. The van der Waals surface area contributed by atoms with Crippen molar-refractivity contribution in [2.75, 3.05) is 31.9 Å². The SMILES string of the molecule is CC(=O)N[C@@H](CCCNC(=N)N)C(=O)N[C@H]1CCCNC(=O)CC[C@@H](C(N)=O)NC(=O)[C@H](Cc2c[nH]c3ccccc23)NC(=O)[C@H](CCCNC(=N)N)NC(=O)[C@@H](Cc2ccc(N)cc2)NC(=O)[C@H](CCN)NC1=O. The Hall–Kier alpha value is -8.49. The van der Waals surface area contributed by atoms with Gasteiger partial charge in [0.2, 0.25) is 53.2 Å². The highest BCUT2D eigenvalue weighted by molar-refractivity contribution is 5.98. The number of carbonyl (C=O) groups excluding carboxylic acids is 9. The molecule has 408 valence electrons.